The van der Waals surface area contributed by atoms with E-state index in [1.54, 1.807) is 18.2 Å². The van der Waals surface area contributed by atoms with E-state index in [-0.39, 0.29) is 17.6 Å². The van der Waals surface area contributed by atoms with Crippen LogP contribution in [0.25, 0.3) is 0 Å². The molecule has 0 bridgehead atoms. The van der Waals surface area contributed by atoms with Crippen molar-refractivity contribution in [3.05, 3.63) is 52.4 Å². The summed E-state index contributed by atoms with van der Waals surface area (Å²) in [6.07, 6.45) is 1.42. The highest BCUT2D eigenvalue weighted by Gasteiger charge is 2.25. The number of furan rings is 1. The van der Waals surface area contributed by atoms with Crippen LogP contribution in [-0.2, 0) is 4.79 Å². The maximum atomic E-state index is 12.5. The zero-order valence-corrected chi connectivity index (χ0v) is 14.8. The van der Waals surface area contributed by atoms with E-state index >= 15 is 0 Å². The number of anilines is 1. The van der Waals surface area contributed by atoms with Crippen molar-refractivity contribution in [2.24, 2.45) is 5.92 Å². The van der Waals surface area contributed by atoms with Gasteiger partial charge in [0.2, 0.25) is 5.91 Å². The van der Waals surface area contributed by atoms with Gasteiger partial charge in [0, 0.05) is 10.2 Å². The summed E-state index contributed by atoms with van der Waals surface area (Å²) in [6.45, 7) is 5.69. The summed E-state index contributed by atoms with van der Waals surface area (Å²) in [7, 11) is 0. The molecule has 0 saturated heterocycles. The lowest BCUT2D eigenvalue weighted by Gasteiger charge is -2.21. The minimum Gasteiger partial charge on any atom is -0.459 e. The summed E-state index contributed by atoms with van der Waals surface area (Å²) in [5, 5.41) is 5.55. The van der Waals surface area contributed by atoms with Crippen LogP contribution < -0.4 is 10.6 Å². The van der Waals surface area contributed by atoms with E-state index in [9.17, 15) is 9.59 Å². The van der Waals surface area contributed by atoms with Crippen molar-refractivity contribution in [3.8, 4) is 0 Å². The predicted molar refractivity (Wildman–Crippen MR) is 92.3 cm³/mol. The number of carbonyl (C=O) groups excluding carboxylic acids is 2. The summed E-state index contributed by atoms with van der Waals surface area (Å²) in [5.41, 5.74) is 1.71. The number of halogens is 1. The normalized spacial score (nSPS) is 12.0. The van der Waals surface area contributed by atoms with Gasteiger partial charge in [-0.1, -0.05) is 29.8 Å². The van der Waals surface area contributed by atoms with Crippen LogP contribution in [0.1, 0.15) is 30.0 Å². The number of aryl methyl sites for hydroxylation is 1. The molecule has 1 heterocycles. The topological polar surface area (TPSA) is 71.3 Å². The maximum absolute atomic E-state index is 12.5. The largest absolute Gasteiger partial charge is 0.459 e. The summed E-state index contributed by atoms with van der Waals surface area (Å²) in [4.78, 5) is 24.6. The number of benzene rings is 1. The Balaban J connectivity index is 2.09. The number of amides is 2. The molecule has 0 aliphatic heterocycles. The Hall–Kier alpha value is -2.08. The van der Waals surface area contributed by atoms with Gasteiger partial charge in [-0.15, -0.1) is 0 Å². The van der Waals surface area contributed by atoms with E-state index in [0.29, 0.717) is 5.69 Å². The first-order valence-corrected chi connectivity index (χ1v) is 8.09. The minimum absolute atomic E-state index is 0.0644. The third kappa shape index (κ3) is 4.45. The highest BCUT2D eigenvalue weighted by molar-refractivity contribution is 9.10. The molecule has 0 spiro atoms. The van der Waals surface area contributed by atoms with Crippen molar-refractivity contribution >= 4 is 33.4 Å². The lowest BCUT2D eigenvalue weighted by molar-refractivity contribution is -0.118. The Morgan fingerprint density at radius 3 is 2.52 bits per heavy atom. The van der Waals surface area contributed by atoms with Gasteiger partial charge in [0.1, 0.15) is 6.04 Å². The van der Waals surface area contributed by atoms with E-state index in [1.165, 1.54) is 6.26 Å². The molecule has 5 nitrogen and oxygen atoms in total. The van der Waals surface area contributed by atoms with Gasteiger partial charge in [-0.2, -0.15) is 0 Å². The summed E-state index contributed by atoms with van der Waals surface area (Å²) < 4.78 is 6.03. The molecule has 2 N–H and O–H groups in total. The predicted octanol–water partition coefficient (Wildman–Crippen LogP) is 3.74. The fraction of sp³-hybridized carbons (Fsp3) is 0.294. The van der Waals surface area contributed by atoms with Gasteiger partial charge in [-0.25, -0.2) is 0 Å². The molecule has 0 aliphatic rings. The van der Waals surface area contributed by atoms with Crippen LogP contribution in [-0.4, -0.2) is 17.9 Å². The average Bonchev–Trinajstić information content (AvgIpc) is 3.02. The second-order valence-corrected chi connectivity index (χ2v) is 6.48. The molecular weight excluding hydrogens is 360 g/mol. The fourth-order valence-corrected chi connectivity index (χ4v) is 2.34. The molecule has 6 heteroatoms. The van der Waals surface area contributed by atoms with Gasteiger partial charge in [0.25, 0.3) is 5.91 Å². The van der Waals surface area contributed by atoms with Crippen molar-refractivity contribution in [3.63, 3.8) is 0 Å². The van der Waals surface area contributed by atoms with Crippen LogP contribution >= 0.6 is 15.9 Å². The van der Waals surface area contributed by atoms with Crippen LogP contribution in [0.4, 0.5) is 5.69 Å². The summed E-state index contributed by atoms with van der Waals surface area (Å²) in [6, 6.07) is 8.08. The quantitative estimate of drug-likeness (QED) is 0.831. The molecule has 1 aromatic carbocycles. The minimum atomic E-state index is -0.656. The Bertz CT molecular complexity index is 696. The monoisotopic (exact) mass is 378 g/mol. The van der Waals surface area contributed by atoms with Crippen LogP contribution in [0.3, 0.4) is 0 Å². The molecule has 2 rings (SSSR count). The van der Waals surface area contributed by atoms with E-state index in [0.717, 1.165) is 10.0 Å². The van der Waals surface area contributed by atoms with E-state index in [4.69, 9.17) is 4.42 Å². The van der Waals surface area contributed by atoms with E-state index in [1.807, 2.05) is 32.9 Å². The van der Waals surface area contributed by atoms with Crippen molar-refractivity contribution in [2.45, 2.75) is 26.8 Å². The van der Waals surface area contributed by atoms with Crippen molar-refractivity contribution < 1.29 is 14.0 Å². The molecule has 1 aromatic heterocycles. The Kier molecular flexibility index (Phi) is 5.60. The van der Waals surface area contributed by atoms with Crippen molar-refractivity contribution in [1.82, 2.24) is 5.32 Å². The van der Waals surface area contributed by atoms with Crippen LogP contribution in [0.5, 0.6) is 0 Å². The number of nitrogens with one attached hydrogen (secondary N) is 2. The van der Waals surface area contributed by atoms with Crippen molar-refractivity contribution in [1.29, 1.82) is 0 Å². The van der Waals surface area contributed by atoms with Gasteiger partial charge in [-0.3, -0.25) is 9.59 Å². The second kappa shape index (κ2) is 7.46. The standard InChI is InChI=1S/C17H19BrN2O3/c1-10(2)15(20-16(21)14-5-4-8-23-14)17(22)19-12-6-7-13(18)11(3)9-12/h4-10,15H,1-3H3,(H,19,22)(H,20,21). The second-order valence-electron chi connectivity index (χ2n) is 5.63. The number of hydrogen-bond acceptors (Lipinski definition) is 3. The smallest absolute Gasteiger partial charge is 0.287 e. The van der Waals surface area contributed by atoms with Crippen LogP contribution in [0, 0.1) is 12.8 Å². The first-order chi connectivity index (χ1) is 10.9. The molecule has 0 radical (unpaired) electrons. The number of rotatable bonds is 5. The van der Waals surface area contributed by atoms with E-state index < -0.39 is 11.9 Å². The summed E-state index contributed by atoms with van der Waals surface area (Å²) in [5.74, 6) is -0.550. The molecule has 1 unspecified atom stereocenters. The Morgan fingerprint density at radius 2 is 1.96 bits per heavy atom. The highest BCUT2D eigenvalue weighted by atomic mass is 79.9. The van der Waals surface area contributed by atoms with Gasteiger partial charge < -0.3 is 15.1 Å². The molecule has 23 heavy (non-hydrogen) atoms. The molecule has 122 valence electrons. The van der Waals surface area contributed by atoms with Crippen LogP contribution in [0.15, 0.2) is 45.5 Å². The Labute approximate surface area is 143 Å². The highest BCUT2D eigenvalue weighted by Crippen LogP contribution is 2.20. The summed E-state index contributed by atoms with van der Waals surface area (Å²) >= 11 is 3.42. The zero-order chi connectivity index (χ0) is 17.0. The molecular formula is C17H19BrN2O3. The molecule has 2 aromatic rings. The van der Waals surface area contributed by atoms with Crippen LogP contribution in [0.2, 0.25) is 0 Å². The molecule has 0 aliphatic carbocycles. The van der Waals surface area contributed by atoms with Gasteiger partial charge in [-0.05, 0) is 48.7 Å². The Morgan fingerprint density at radius 1 is 1.22 bits per heavy atom. The van der Waals surface area contributed by atoms with Gasteiger partial charge >= 0.3 is 0 Å². The number of hydrogen-bond donors (Lipinski definition) is 2. The molecule has 0 fully saturated rings. The zero-order valence-electron chi connectivity index (χ0n) is 13.2. The molecule has 0 saturated carbocycles. The lowest BCUT2D eigenvalue weighted by Crippen LogP contribution is -2.47. The first-order valence-electron chi connectivity index (χ1n) is 7.30. The lowest BCUT2D eigenvalue weighted by atomic mass is 10.0. The maximum Gasteiger partial charge on any atom is 0.287 e. The third-order valence-corrected chi connectivity index (χ3v) is 4.30. The molecule has 2 amide bonds. The van der Waals surface area contributed by atoms with E-state index in [2.05, 4.69) is 26.6 Å². The SMILES string of the molecule is Cc1cc(NC(=O)C(NC(=O)c2ccco2)C(C)C)ccc1Br. The van der Waals surface area contributed by atoms with Gasteiger partial charge in [0.15, 0.2) is 5.76 Å². The first kappa shape index (κ1) is 17.3. The molecule has 1 atom stereocenters. The van der Waals surface area contributed by atoms with Crippen molar-refractivity contribution in [2.75, 3.05) is 5.32 Å². The fourth-order valence-electron chi connectivity index (χ4n) is 2.10. The number of carbonyl (C=O) groups is 2. The third-order valence-electron chi connectivity index (χ3n) is 3.41. The van der Waals surface area contributed by atoms with Gasteiger partial charge in [0.05, 0.1) is 6.26 Å². The average molecular weight is 379 g/mol.